The molecule has 0 unspecified atom stereocenters. The van der Waals surface area contributed by atoms with Gasteiger partial charge in [0.05, 0.1) is 0 Å². The summed E-state index contributed by atoms with van der Waals surface area (Å²) in [6.45, 7) is 1.98. The maximum Gasteiger partial charge on any atom is 0.181 e. The molecule has 0 aliphatic heterocycles. The van der Waals surface area contributed by atoms with E-state index in [1.807, 2.05) is 12.1 Å². The molecule has 1 heterocycles. The summed E-state index contributed by atoms with van der Waals surface area (Å²) in [5, 5.41) is 12.8. The quantitative estimate of drug-likeness (QED) is 0.848. The normalized spacial score (nSPS) is 17.8. The first-order chi connectivity index (χ1) is 8.81. The molecule has 0 spiro atoms. The lowest BCUT2D eigenvalue weighted by Gasteiger charge is -2.40. The molecule has 1 aromatic carbocycles. The van der Waals surface area contributed by atoms with E-state index in [-0.39, 0.29) is 5.41 Å². The highest BCUT2D eigenvalue weighted by molar-refractivity contribution is 5.72. The number of fused-ring (bicyclic) bond motifs is 1. The van der Waals surface area contributed by atoms with Crippen LogP contribution in [0, 0.1) is 5.41 Å². The number of hydrogen-bond acceptors (Lipinski definition) is 4. The van der Waals surface area contributed by atoms with Crippen LogP contribution < -0.4 is 5.32 Å². The average molecular weight is 246 g/mol. The molecule has 0 bridgehead atoms. The van der Waals surface area contributed by atoms with Crippen molar-refractivity contribution in [3.05, 3.63) is 30.2 Å². The second-order valence-corrected chi connectivity index (χ2v) is 5.27. The number of nitrogens with zero attached hydrogens (tertiary/aromatic N) is 1. The Kier molecular flexibility index (Phi) is 3.06. The van der Waals surface area contributed by atoms with E-state index in [1.165, 1.54) is 18.4 Å². The van der Waals surface area contributed by atoms with Crippen molar-refractivity contribution in [1.82, 2.24) is 10.3 Å². The number of oxazole rings is 1. The van der Waals surface area contributed by atoms with Gasteiger partial charge in [0, 0.05) is 25.1 Å². The molecule has 18 heavy (non-hydrogen) atoms. The van der Waals surface area contributed by atoms with Gasteiger partial charge in [-0.15, -0.1) is 0 Å². The fourth-order valence-corrected chi connectivity index (χ4v) is 2.55. The monoisotopic (exact) mass is 246 g/mol. The lowest BCUT2D eigenvalue weighted by molar-refractivity contribution is 0.0445. The Morgan fingerprint density at radius 2 is 2.28 bits per heavy atom. The van der Waals surface area contributed by atoms with Crippen molar-refractivity contribution in [3.8, 4) is 0 Å². The van der Waals surface area contributed by atoms with Crippen molar-refractivity contribution >= 4 is 11.1 Å². The second-order valence-electron chi connectivity index (χ2n) is 5.27. The summed E-state index contributed by atoms with van der Waals surface area (Å²) in [4.78, 5) is 4.09. The molecule has 0 amide bonds. The zero-order chi connectivity index (χ0) is 12.4. The zero-order valence-electron chi connectivity index (χ0n) is 10.4. The first kappa shape index (κ1) is 11.7. The van der Waals surface area contributed by atoms with E-state index in [4.69, 9.17) is 4.42 Å². The Morgan fingerprint density at radius 3 is 3.00 bits per heavy atom. The molecule has 96 valence electrons. The SMILES string of the molecule is OCC1(CNCc2ccc3ncoc3c2)CCC1. The van der Waals surface area contributed by atoms with Gasteiger partial charge in [-0.3, -0.25) is 0 Å². The van der Waals surface area contributed by atoms with Crippen LogP contribution in [0.2, 0.25) is 0 Å². The molecule has 4 heteroatoms. The van der Waals surface area contributed by atoms with Crippen molar-refractivity contribution in [2.45, 2.75) is 25.8 Å². The Bertz CT molecular complexity index is 526. The van der Waals surface area contributed by atoms with E-state index < -0.39 is 0 Å². The van der Waals surface area contributed by atoms with Gasteiger partial charge in [0.1, 0.15) is 5.52 Å². The minimum atomic E-state index is 0.135. The van der Waals surface area contributed by atoms with Crippen molar-refractivity contribution in [2.24, 2.45) is 5.41 Å². The molecule has 1 aliphatic rings. The molecule has 4 nitrogen and oxygen atoms in total. The number of benzene rings is 1. The third-order valence-electron chi connectivity index (χ3n) is 3.97. The maximum atomic E-state index is 9.38. The first-order valence-corrected chi connectivity index (χ1v) is 6.45. The summed E-state index contributed by atoms with van der Waals surface area (Å²) in [5.74, 6) is 0. The summed E-state index contributed by atoms with van der Waals surface area (Å²) < 4.78 is 5.28. The van der Waals surface area contributed by atoms with Crippen molar-refractivity contribution in [2.75, 3.05) is 13.2 Å². The third kappa shape index (κ3) is 2.13. The fraction of sp³-hybridized carbons (Fsp3) is 0.500. The van der Waals surface area contributed by atoms with Crippen LogP contribution in [0.4, 0.5) is 0 Å². The van der Waals surface area contributed by atoms with Crippen molar-refractivity contribution < 1.29 is 9.52 Å². The molecule has 0 atom stereocenters. The minimum absolute atomic E-state index is 0.135. The van der Waals surface area contributed by atoms with Gasteiger partial charge >= 0.3 is 0 Å². The van der Waals surface area contributed by atoms with Crippen LogP contribution in [0.15, 0.2) is 29.0 Å². The highest BCUT2D eigenvalue weighted by Crippen LogP contribution is 2.39. The van der Waals surface area contributed by atoms with Crippen molar-refractivity contribution in [3.63, 3.8) is 0 Å². The average Bonchev–Trinajstić information content (AvgIpc) is 2.80. The summed E-state index contributed by atoms with van der Waals surface area (Å²) in [5.41, 5.74) is 3.04. The van der Waals surface area contributed by atoms with Gasteiger partial charge in [-0.2, -0.15) is 0 Å². The van der Waals surface area contributed by atoms with Crippen molar-refractivity contribution in [1.29, 1.82) is 0 Å². The molecule has 2 aromatic rings. The third-order valence-corrected chi connectivity index (χ3v) is 3.97. The van der Waals surface area contributed by atoms with Crippen LogP contribution in [0.3, 0.4) is 0 Å². The maximum absolute atomic E-state index is 9.38. The summed E-state index contributed by atoms with van der Waals surface area (Å²) >= 11 is 0. The molecule has 1 aromatic heterocycles. The number of nitrogens with one attached hydrogen (secondary N) is 1. The van der Waals surface area contributed by atoms with Gasteiger partial charge in [-0.05, 0) is 30.5 Å². The van der Waals surface area contributed by atoms with Crippen LogP contribution >= 0.6 is 0 Å². The predicted octanol–water partition coefficient (Wildman–Crippen LogP) is 2.08. The van der Waals surface area contributed by atoms with E-state index in [1.54, 1.807) is 0 Å². The molecular formula is C14H18N2O2. The van der Waals surface area contributed by atoms with Crippen LogP contribution in [0.25, 0.3) is 11.1 Å². The van der Waals surface area contributed by atoms with Crippen LogP contribution in [-0.2, 0) is 6.54 Å². The Hall–Kier alpha value is -1.39. The largest absolute Gasteiger partial charge is 0.443 e. The molecule has 1 saturated carbocycles. The number of aromatic nitrogens is 1. The van der Waals surface area contributed by atoms with Crippen LogP contribution in [-0.4, -0.2) is 23.2 Å². The molecule has 1 fully saturated rings. The molecule has 0 saturated heterocycles. The molecule has 2 N–H and O–H groups in total. The number of aliphatic hydroxyl groups is 1. The second kappa shape index (κ2) is 4.71. The predicted molar refractivity (Wildman–Crippen MR) is 69.1 cm³/mol. The first-order valence-electron chi connectivity index (χ1n) is 6.45. The van der Waals surface area contributed by atoms with Crippen LogP contribution in [0.1, 0.15) is 24.8 Å². The number of aliphatic hydroxyl groups excluding tert-OH is 1. The van der Waals surface area contributed by atoms with E-state index in [9.17, 15) is 5.11 Å². The summed E-state index contributed by atoms with van der Waals surface area (Å²) in [6.07, 6.45) is 4.98. The minimum Gasteiger partial charge on any atom is -0.443 e. The van der Waals surface area contributed by atoms with Gasteiger partial charge in [-0.25, -0.2) is 4.98 Å². The summed E-state index contributed by atoms with van der Waals surface area (Å²) in [6, 6.07) is 6.05. The smallest absolute Gasteiger partial charge is 0.181 e. The lowest BCUT2D eigenvalue weighted by atomic mass is 9.69. The Labute approximate surface area is 106 Å². The van der Waals surface area contributed by atoms with Gasteiger partial charge in [0.2, 0.25) is 0 Å². The van der Waals surface area contributed by atoms with E-state index in [0.717, 1.165) is 37.0 Å². The molecule has 3 rings (SSSR count). The van der Waals surface area contributed by atoms with E-state index in [0.29, 0.717) is 6.61 Å². The lowest BCUT2D eigenvalue weighted by Crippen LogP contribution is -2.42. The van der Waals surface area contributed by atoms with Gasteiger partial charge in [0.15, 0.2) is 12.0 Å². The summed E-state index contributed by atoms with van der Waals surface area (Å²) in [7, 11) is 0. The molecular weight excluding hydrogens is 228 g/mol. The zero-order valence-corrected chi connectivity index (χ0v) is 10.4. The number of hydrogen-bond donors (Lipinski definition) is 2. The number of rotatable bonds is 5. The molecule has 1 aliphatic carbocycles. The topological polar surface area (TPSA) is 58.3 Å². The van der Waals surface area contributed by atoms with Crippen LogP contribution in [0.5, 0.6) is 0 Å². The Balaban J connectivity index is 1.59. The standard InChI is InChI=1S/C14H18N2O2/c17-9-14(4-1-5-14)8-15-7-11-2-3-12-13(6-11)18-10-16-12/h2-3,6,10,15,17H,1,4-5,7-9H2. The van der Waals surface area contributed by atoms with Gasteiger partial charge < -0.3 is 14.8 Å². The highest BCUT2D eigenvalue weighted by atomic mass is 16.3. The van der Waals surface area contributed by atoms with E-state index >= 15 is 0 Å². The van der Waals surface area contributed by atoms with E-state index in [2.05, 4.69) is 16.4 Å². The Morgan fingerprint density at radius 1 is 1.39 bits per heavy atom. The van der Waals surface area contributed by atoms with Gasteiger partial charge in [-0.1, -0.05) is 12.5 Å². The molecule has 0 radical (unpaired) electrons. The highest BCUT2D eigenvalue weighted by Gasteiger charge is 2.35. The fourth-order valence-electron chi connectivity index (χ4n) is 2.55. The van der Waals surface area contributed by atoms with Gasteiger partial charge in [0.25, 0.3) is 0 Å².